The average molecular weight is 337 g/mol. The Labute approximate surface area is 143 Å². The van der Waals surface area contributed by atoms with Crippen LogP contribution in [0.15, 0.2) is 72.1 Å². The van der Waals surface area contributed by atoms with Crippen molar-refractivity contribution in [3.63, 3.8) is 0 Å². The van der Waals surface area contributed by atoms with Gasteiger partial charge in [0.2, 0.25) is 0 Å². The van der Waals surface area contributed by atoms with Crippen LogP contribution >= 0.6 is 11.3 Å². The molecule has 120 valence electrons. The van der Waals surface area contributed by atoms with Crippen LogP contribution in [0.25, 0.3) is 11.1 Å². The molecule has 1 heterocycles. The van der Waals surface area contributed by atoms with Crippen LogP contribution in [-0.4, -0.2) is 18.5 Å². The summed E-state index contributed by atoms with van der Waals surface area (Å²) in [5, 5.41) is 4.49. The van der Waals surface area contributed by atoms with Crippen LogP contribution in [-0.2, 0) is 9.53 Å². The molecule has 0 aliphatic rings. The first kappa shape index (κ1) is 16.0. The Kier molecular flexibility index (Phi) is 5.03. The maximum atomic E-state index is 11.9. The topological polar surface area (TPSA) is 55.4 Å². The Morgan fingerprint density at radius 1 is 0.875 bits per heavy atom. The predicted octanol–water partition coefficient (Wildman–Crippen LogP) is 4.21. The van der Waals surface area contributed by atoms with Crippen LogP contribution in [0.4, 0.5) is 5.69 Å². The van der Waals surface area contributed by atoms with E-state index in [0.717, 1.165) is 11.1 Å². The molecule has 24 heavy (non-hydrogen) atoms. The van der Waals surface area contributed by atoms with Crippen LogP contribution in [0, 0.1) is 0 Å². The van der Waals surface area contributed by atoms with Crippen LogP contribution in [0.2, 0.25) is 0 Å². The lowest BCUT2D eigenvalue weighted by atomic mass is 10.1. The monoisotopic (exact) mass is 337 g/mol. The molecular formula is C19H15NO3S. The van der Waals surface area contributed by atoms with Crippen LogP contribution in [0.5, 0.6) is 0 Å². The minimum atomic E-state index is -0.487. The number of nitrogens with one attached hydrogen (secondary N) is 1. The van der Waals surface area contributed by atoms with Gasteiger partial charge in [-0.15, -0.1) is 11.3 Å². The Morgan fingerprint density at radius 3 is 2.25 bits per heavy atom. The number of benzene rings is 2. The van der Waals surface area contributed by atoms with Crippen LogP contribution in [0.1, 0.15) is 9.67 Å². The van der Waals surface area contributed by atoms with Crippen molar-refractivity contribution < 1.29 is 14.3 Å². The molecule has 0 bridgehead atoms. The zero-order valence-electron chi connectivity index (χ0n) is 12.8. The lowest BCUT2D eigenvalue weighted by Crippen LogP contribution is -2.20. The molecule has 0 saturated heterocycles. The van der Waals surface area contributed by atoms with E-state index in [1.165, 1.54) is 11.3 Å². The molecule has 0 aliphatic heterocycles. The summed E-state index contributed by atoms with van der Waals surface area (Å²) >= 11 is 1.28. The van der Waals surface area contributed by atoms with E-state index in [2.05, 4.69) is 5.32 Å². The first-order chi connectivity index (χ1) is 11.7. The Hall–Kier alpha value is -2.92. The molecule has 1 N–H and O–H groups in total. The molecule has 0 fully saturated rings. The van der Waals surface area contributed by atoms with Crippen molar-refractivity contribution in [1.29, 1.82) is 0 Å². The molecule has 2 aromatic carbocycles. The summed E-state index contributed by atoms with van der Waals surface area (Å²) in [4.78, 5) is 24.0. The highest BCUT2D eigenvalue weighted by molar-refractivity contribution is 7.11. The van der Waals surface area contributed by atoms with E-state index in [0.29, 0.717) is 10.6 Å². The van der Waals surface area contributed by atoms with Gasteiger partial charge in [-0.1, -0.05) is 48.5 Å². The van der Waals surface area contributed by atoms with Gasteiger partial charge >= 0.3 is 5.97 Å². The summed E-state index contributed by atoms with van der Waals surface area (Å²) in [5.74, 6) is -0.855. The third-order valence-electron chi connectivity index (χ3n) is 3.33. The summed E-state index contributed by atoms with van der Waals surface area (Å²) < 4.78 is 4.97. The summed E-state index contributed by atoms with van der Waals surface area (Å²) in [6, 6.07) is 20.9. The number of carbonyl (C=O) groups excluding carboxylic acids is 2. The summed E-state index contributed by atoms with van der Waals surface area (Å²) in [6.45, 7) is -0.308. The second-order valence-electron chi connectivity index (χ2n) is 5.04. The zero-order chi connectivity index (χ0) is 16.8. The van der Waals surface area contributed by atoms with Gasteiger partial charge in [-0.3, -0.25) is 4.79 Å². The quantitative estimate of drug-likeness (QED) is 0.710. The number of rotatable bonds is 5. The summed E-state index contributed by atoms with van der Waals surface area (Å²) in [5.41, 5.74) is 2.84. The van der Waals surface area contributed by atoms with E-state index >= 15 is 0 Å². The largest absolute Gasteiger partial charge is 0.451 e. The fraction of sp³-hybridized carbons (Fsp3) is 0.0526. The van der Waals surface area contributed by atoms with Gasteiger partial charge < -0.3 is 10.1 Å². The standard InChI is InChI=1S/C19H15NO3S/c21-18(13-23-19(22)17-7-4-12-24-17)20-16-10-8-15(9-11-16)14-5-2-1-3-6-14/h1-12H,13H2,(H,20,21). The highest BCUT2D eigenvalue weighted by Crippen LogP contribution is 2.21. The SMILES string of the molecule is O=C(COC(=O)c1cccs1)Nc1ccc(-c2ccccc2)cc1. The van der Waals surface area contributed by atoms with Gasteiger partial charge in [-0.25, -0.2) is 4.79 Å². The Morgan fingerprint density at radius 2 is 1.58 bits per heavy atom. The van der Waals surface area contributed by atoms with Crippen molar-refractivity contribution >= 4 is 28.9 Å². The molecular weight excluding hydrogens is 322 g/mol. The van der Waals surface area contributed by atoms with Gasteiger partial charge in [0.25, 0.3) is 5.91 Å². The van der Waals surface area contributed by atoms with Crippen molar-refractivity contribution in [3.8, 4) is 11.1 Å². The molecule has 0 atom stereocenters. The molecule has 0 spiro atoms. The van der Waals surface area contributed by atoms with Crippen molar-refractivity contribution in [1.82, 2.24) is 0 Å². The second kappa shape index (κ2) is 7.57. The minimum absolute atomic E-state index is 0.308. The molecule has 5 heteroatoms. The van der Waals surface area contributed by atoms with Gasteiger partial charge in [0.1, 0.15) is 4.88 Å². The predicted molar refractivity (Wildman–Crippen MR) is 95.1 cm³/mol. The zero-order valence-corrected chi connectivity index (χ0v) is 13.6. The molecule has 1 amide bonds. The van der Waals surface area contributed by atoms with E-state index in [1.54, 1.807) is 17.5 Å². The third-order valence-corrected chi connectivity index (χ3v) is 4.18. The van der Waals surface area contributed by atoms with Gasteiger partial charge in [-0.05, 0) is 34.7 Å². The third kappa shape index (κ3) is 4.08. The number of carbonyl (C=O) groups is 2. The molecule has 1 aromatic heterocycles. The molecule has 3 aromatic rings. The van der Waals surface area contributed by atoms with Gasteiger partial charge in [0.15, 0.2) is 6.61 Å². The summed E-state index contributed by atoms with van der Waals surface area (Å²) in [7, 11) is 0. The average Bonchev–Trinajstić information content (AvgIpc) is 3.16. The van der Waals surface area contributed by atoms with Crippen molar-refractivity contribution in [2.75, 3.05) is 11.9 Å². The number of ether oxygens (including phenoxy) is 1. The van der Waals surface area contributed by atoms with E-state index in [9.17, 15) is 9.59 Å². The molecule has 0 aliphatic carbocycles. The molecule has 0 unspecified atom stereocenters. The molecule has 4 nitrogen and oxygen atoms in total. The Balaban J connectivity index is 1.54. The van der Waals surface area contributed by atoms with Crippen molar-refractivity contribution in [2.45, 2.75) is 0 Å². The van der Waals surface area contributed by atoms with Gasteiger partial charge in [0, 0.05) is 5.69 Å². The fourth-order valence-electron chi connectivity index (χ4n) is 2.17. The number of esters is 1. The van der Waals surface area contributed by atoms with Crippen molar-refractivity contribution in [2.24, 2.45) is 0 Å². The van der Waals surface area contributed by atoms with E-state index < -0.39 is 5.97 Å². The normalized spacial score (nSPS) is 10.2. The molecule has 0 saturated carbocycles. The maximum Gasteiger partial charge on any atom is 0.348 e. The smallest absolute Gasteiger partial charge is 0.348 e. The van der Waals surface area contributed by atoms with Crippen molar-refractivity contribution in [3.05, 3.63) is 77.0 Å². The molecule has 3 rings (SSSR count). The first-order valence-corrected chi connectivity index (χ1v) is 8.26. The van der Waals surface area contributed by atoms with E-state index in [1.807, 2.05) is 54.6 Å². The Bertz CT molecular complexity index is 812. The molecule has 0 radical (unpaired) electrons. The fourth-order valence-corrected chi connectivity index (χ4v) is 2.79. The van der Waals surface area contributed by atoms with Crippen LogP contribution < -0.4 is 5.32 Å². The number of amides is 1. The second-order valence-corrected chi connectivity index (χ2v) is 5.99. The number of thiophene rings is 1. The van der Waals surface area contributed by atoms with Gasteiger partial charge in [-0.2, -0.15) is 0 Å². The highest BCUT2D eigenvalue weighted by atomic mass is 32.1. The first-order valence-electron chi connectivity index (χ1n) is 7.38. The highest BCUT2D eigenvalue weighted by Gasteiger charge is 2.11. The number of hydrogen-bond acceptors (Lipinski definition) is 4. The van der Waals surface area contributed by atoms with Gasteiger partial charge in [0.05, 0.1) is 0 Å². The lowest BCUT2D eigenvalue weighted by Gasteiger charge is -2.07. The number of anilines is 1. The van der Waals surface area contributed by atoms with E-state index in [4.69, 9.17) is 4.74 Å². The van der Waals surface area contributed by atoms with E-state index in [-0.39, 0.29) is 12.5 Å². The minimum Gasteiger partial charge on any atom is -0.451 e. The lowest BCUT2D eigenvalue weighted by molar-refractivity contribution is -0.119. The van der Waals surface area contributed by atoms with Crippen LogP contribution in [0.3, 0.4) is 0 Å². The number of hydrogen-bond donors (Lipinski definition) is 1. The maximum absolute atomic E-state index is 11.9. The summed E-state index contributed by atoms with van der Waals surface area (Å²) in [6.07, 6.45) is 0.